The van der Waals surface area contributed by atoms with Crippen molar-refractivity contribution >= 4 is 5.91 Å². The molecule has 3 unspecified atom stereocenters. The Hall–Kier alpha value is -0.530. The Kier molecular flexibility index (Phi) is 2.07. The van der Waals surface area contributed by atoms with Crippen LogP contribution in [0.1, 0.15) is 32.6 Å². The van der Waals surface area contributed by atoms with E-state index in [9.17, 15) is 4.79 Å². The molecule has 1 amide bonds. The van der Waals surface area contributed by atoms with Gasteiger partial charge >= 0.3 is 0 Å². The molecule has 0 aromatic heterocycles. The summed E-state index contributed by atoms with van der Waals surface area (Å²) in [6.07, 6.45) is 4.91. The zero-order chi connectivity index (χ0) is 8.55. The zero-order valence-electron chi connectivity index (χ0n) is 7.68. The average molecular weight is 167 g/mol. The highest BCUT2D eigenvalue weighted by molar-refractivity contribution is 5.79. The van der Waals surface area contributed by atoms with E-state index in [2.05, 4.69) is 12.2 Å². The smallest absolute Gasteiger partial charge is 0.223 e. The number of carbonyl (C=O) groups is 1. The fourth-order valence-electron chi connectivity index (χ4n) is 2.79. The lowest BCUT2D eigenvalue weighted by molar-refractivity contribution is -0.131. The molecule has 0 radical (unpaired) electrons. The molecule has 2 heteroatoms. The third-order valence-corrected chi connectivity index (χ3v) is 3.54. The van der Waals surface area contributed by atoms with Crippen LogP contribution in [0.3, 0.4) is 0 Å². The molecule has 2 rings (SSSR count). The van der Waals surface area contributed by atoms with Crippen LogP contribution in [0.5, 0.6) is 0 Å². The predicted octanol–water partition coefficient (Wildman–Crippen LogP) is 1.56. The lowest BCUT2D eigenvalue weighted by atomic mass is 9.69. The third kappa shape index (κ3) is 1.23. The zero-order valence-corrected chi connectivity index (χ0v) is 7.68. The topological polar surface area (TPSA) is 29.1 Å². The van der Waals surface area contributed by atoms with Crippen LogP contribution in [-0.4, -0.2) is 12.5 Å². The van der Waals surface area contributed by atoms with Crippen molar-refractivity contribution in [3.05, 3.63) is 0 Å². The number of rotatable bonds is 0. The molecule has 2 fully saturated rings. The standard InChI is InChI=1S/C10H17NO/c1-7-3-2-4-9-8(7)5-6-11-10(9)12/h7-9H,2-6H2,1H3,(H,11,12). The van der Waals surface area contributed by atoms with Crippen molar-refractivity contribution in [1.82, 2.24) is 5.32 Å². The van der Waals surface area contributed by atoms with Gasteiger partial charge in [-0.1, -0.05) is 19.8 Å². The first-order chi connectivity index (χ1) is 5.79. The van der Waals surface area contributed by atoms with Crippen LogP contribution in [-0.2, 0) is 4.79 Å². The van der Waals surface area contributed by atoms with Crippen LogP contribution < -0.4 is 5.32 Å². The SMILES string of the molecule is CC1CCCC2C(=O)NCCC12. The number of fused-ring (bicyclic) bond motifs is 1. The van der Waals surface area contributed by atoms with Gasteiger partial charge in [0.05, 0.1) is 0 Å². The first kappa shape index (κ1) is 8.09. The summed E-state index contributed by atoms with van der Waals surface area (Å²) in [6, 6.07) is 0. The minimum Gasteiger partial charge on any atom is -0.356 e. The summed E-state index contributed by atoms with van der Waals surface area (Å²) in [5.74, 6) is 2.13. The van der Waals surface area contributed by atoms with E-state index < -0.39 is 0 Å². The van der Waals surface area contributed by atoms with Gasteiger partial charge in [-0.2, -0.15) is 0 Å². The lowest BCUT2D eigenvalue weighted by Crippen LogP contribution is -2.45. The first-order valence-corrected chi connectivity index (χ1v) is 5.07. The molecule has 1 aliphatic carbocycles. The summed E-state index contributed by atoms with van der Waals surface area (Å²) in [6.45, 7) is 3.21. The Morgan fingerprint density at radius 3 is 2.92 bits per heavy atom. The molecule has 2 aliphatic rings. The maximum Gasteiger partial charge on any atom is 0.223 e. The van der Waals surface area contributed by atoms with Crippen molar-refractivity contribution in [2.75, 3.05) is 6.54 Å². The highest BCUT2D eigenvalue weighted by Crippen LogP contribution is 2.38. The maximum atomic E-state index is 11.5. The van der Waals surface area contributed by atoms with Crippen LogP contribution in [0.4, 0.5) is 0 Å². The van der Waals surface area contributed by atoms with Gasteiger partial charge in [0.1, 0.15) is 0 Å². The molecule has 12 heavy (non-hydrogen) atoms. The van der Waals surface area contributed by atoms with E-state index >= 15 is 0 Å². The number of nitrogens with one attached hydrogen (secondary N) is 1. The van der Waals surface area contributed by atoms with E-state index in [1.165, 1.54) is 19.3 Å². The number of carbonyl (C=O) groups excluding carboxylic acids is 1. The maximum absolute atomic E-state index is 11.5. The van der Waals surface area contributed by atoms with Gasteiger partial charge in [-0.25, -0.2) is 0 Å². The fourth-order valence-corrected chi connectivity index (χ4v) is 2.79. The van der Waals surface area contributed by atoms with Gasteiger partial charge < -0.3 is 5.32 Å². The Morgan fingerprint density at radius 2 is 2.17 bits per heavy atom. The minimum absolute atomic E-state index is 0.317. The molecular formula is C10H17NO. The average Bonchev–Trinajstić information content (AvgIpc) is 2.07. The van der Waals surface area contributed by atoms with Crippen molar-refractivity contribution < 1.29 is 4.79 Å². The van der Waals surface area contributed by atoms with Crippen LogP contribution >= 0.6 is 0 Å². The molecule has 1 saturated carbocycles. The van der Waals surface area contributed by atoms with Crippen LogP contribution in [0.15, 0.2) is 0 Å². The van der Waals surface area contributed by atoms with E-state index in [1.807, 2.05) is 0 Å². The molecule has 1 heterocycles. The van der Waals surface area contributed by atoms with Crippen LogP contribution in [0.2, 0.25) is 0 Å². The molecule has 1 saturated heterocycles. The van der Waals surface area contributed by atoms with Gasteiger partial charge in [-0.15, -0.1) is 0 Å². The summed E-state index contributed by atoms with van der Waals surface area (Å²) in [7, 11) is 0. The predicted molar refractivity (Wildman–Crippen MR) is 47.6 cm³/mol. The van der Waals surface area contributed by atoms with Crippen LogP contribution in [0, 0.1) is 17.8 Å². The summed E-state index contributed by atoms with van der Waals surface area (Å²) in [5.41, 5.74) is 0. The molecule has 0 aromatic carbocycles. The van der Waals surface area contributed by atoms with Crippen molar-refractivity contribution in [3.63, 3.8) is 0 Å². The second-order valence-electron chi connectivity index (χ2n) is 4.26. The van der Waals surface area contributed by atoms with Crippen LogP contribution in [0.25, 0.3) is 0 Å². The van der Waals surface area contributed by atoms with Gasteiger partial charge in [-0.3, -0.25) is 4.79 Å². The molecule has 1 aliphatic heterocycles. The Morgan fingerprint density at radius 1 is 1.33 bits per heavy atom. The number of piperidine rings is 1. The molecule has 3 atom stereocenters. The molecule has 0 bridgehead atoms. The van der Waals surface area contributed by atoms with Crippen molar-refractivity contribution in [3.8, 4) is 0 Å². The quantitative estimate of drug-likeness (QED) is 0.583. The monoisotopic (exact) mass is 167 g/mol. The van der Waals surface area contributed by atoms with Gasteiger partial charge in [0.25, 0.3) is 0 Å². The highest BCUT2D eigenvalue weighted by Gasteiger charge is 2.37. The minimum atomic E-state index is 0.317. The second-order valence-corrected chi connectivity index (χ2v) is 4.26. The van der Waals surface area contributed by atoms with E-state index in [4.69, 9.17) is 0 Å². The number of hydrogen-bond acceptors (Lipinski definition) is 1. The number of amides is 1. The van der Waals surface area contributed by atoms with E-state index in [0.29, 0.717) is 17.7 Å². The van der Waals surface area contributed by atoms with Crippen molar-refractivity contribution in [1.29, 1.82) is 0 Å². The van der Waals surface area contributed by atoms with Crippen molar-refractivity contribution in [2.45, 2.75) is 32.6 Å². The molecule has 2 nitrogen and oxygen atoms in total. The molecule has 1 N–H and O–H groups in total. The largest absolute Gasteiger partial charge is 0.356 e. The van der Waals surface area contributed by atoms with E-state index in [-0.39, 0.29) is 0 Å². The summed E-state index contributed by atoms with van der Waals surface area (Å²) >= 11 is 0. The molecular weight excluding hydrogens is 150 g/mol. The molecule has 0 aromatic rings. The van der Waals surface area contributed by atoms with Gasteiger partial charge in [0.2, 0.25) is 5.91 Å². The van der Waals surface area contributed by atoms with Crippen molar-refractivity contribution in [2.24, 2.45) is 17.8 Å². The third-order valence-electron chi connectivity index (χ3n) is 3.54. The Balaban J connectivity index is 2.10. The Bertz CT molecular complexity index is 190. The fraction of sp³-hybridized carbons (Fsp3) is 0.900. The number of hydrogen-bond donors (Lipinski definition) is 1. The summed E-state index contributed by atoms with van der Waals surface area (Å²) in [5, 5.41) is 2.96. The van der Waals surface area contributed by atoms with Gasteiger partial charge in [0, 0.05) is 12.5 Å². The lowest BCUT2D eigenvalue weighted by Gasteiger charge is -2.39. The van der Waals surface area contributed by atoms with E-state index in [1.54, 1.807) is 0 Å². The summed E-state index contributed by atoms with van der Waals surface area (Å²) < 4.78 is 0. The summed E-state index contributed by atoms with van der Waals surface area (Å²) in [4.78, 5) is 11.5. The van der Waals surface area contributed by atoms with Gasteiger partial charge in [0.15, 0.2) is 0 Å². The second kappa shape index (κ2) is 3.08. The highest BCUT2D eigenvalue weighted by atomic mass is 16.1. The Labute approximate surface area is 73.7 Å². The van der Waals surface area contributed by atoms with Gasteiger partial charge in [-0.05, 0) is 24.7 Å². The molecule has 68 valence electrons. The first-order valence-electron chi connectivity index (χ1n) is 5.07. The van der Waals surface area contributed by atoms with E-state index in [0.717, 1.165) is 18.9 Å². The normalized spacial score (nSPS) is 41.8. The molecule has 0 spiro atoms.